The van der Waals surface area contributed by atoms with Crippen molar-refractivity contribution in [2.45, 2.75) is 200 Å². The molecule has 0 aromatic carbocycles. The van der Waals surface area contributed by atoms with Gasteiger partial charge in [-0.15, -0.1) is 0 Å². The smallest absolute Gasteiger partial charge is 0.306 e. The van der Waals surface area contributed by atoms with Crippen molar-refractivity contribution >= 4 is 11.9 Å². The summed E-state index contributed by atoms with van der Waals surface area (Å²) in [6, 6.07) is 0. The zero-order chi connectivity index (χ0) is 27.2. The average molecular weight is 525 g/mol. The van der Waals surface area contributed by atoms with Crippen LogP contribution in [0, 0.1) is 0 Å². The van der Waals surface area contributed by atoms with Gasteiger partial charge in [0.2, 0.25) is 0 Å². The van der Waals surface area contributed by atoms with Crippen LogP contribution >= 0.6 is 0 Å². The summed E-state index contributed by atoms with van der Waals surface area (Å²) in [7, 11) is 0. The number of hydrogen-bond acceptors (Lipinski definition) is 3. The first-order valence-electron chi connectivity index (χ1n) is 16.5. The van der Waals surface area contributed by atoms with Gasteiger partial charge < -0.3 is 9.84 Å². The summed E-state index contributed by atoms with van der Waals surface area (Å²) >= 11 is 0. The Morgan fingerprint density at radius 3 is 1.22 bits per heavy atom. The minimum atomic E-state index is -0.668. The maximum Gasteiger partial charge on any atom is 0.306 e. The van der Waals surface area contributed by atoms with E-state index < -0.39 is 5.97 Å². The van der Waals surface area contributed by atoms with E-state index in [0.29, 0.717) is 12.8 Å². The molecule has 0 aromatic heterocycles. The Kier molecular flexibility index (Phi) is 28.7. The van der Waals surface area contributed by atoms with E-state index in [-0.39, 0.29) is 12.1 Å². The van der Waals surface area contributed by atoms with Crippen LogP contribution in [0.25, 0.3) is 0 Å². The summed E-state index contributed by atoms with van der Waals surface area (Å²) in [5, 5.41) is 8.62. The molecule has 0 spiro atoms. The molecular weight excluding hydrogens is 460 g/mol. The van der Waals surface area contributed by atoms with Gasteiger partial charge in [0.1, 0.15) is 0 Å². The van der Waals surface area contributed by atoms with Gasteiger partial charge in [-0.25, -0.2) is 0 Å². The molecular formula is C33H64O4. The second-order valence-corrected chi connectivity index (χ2v) is 11.5. The monoisotopic (exact) mass is 524 g/mol. The number of carboxylic acid groups (broad SMARTS) is 1. The molecule has 0 radical (unpaired) electrons. The number of ether oxygens (including phenoxy) is 1. The molecule has 0 bridgehead atoms. The van der Waals surface area contributed by atoms with Crippen molar-refractivity contribution in [2.24, 2.45) is 0 Å². The topological polar surface area (TPSA) is 63.6 Å². The Morgan fingerprint density at radius 1 is 0.514 bits per heavy atom. The predicted octanol–water partition coefficient (Wildman–Crippen LogP) is 10.9. The van der Waals surface area contributed by atoms with Gasteiger partial charge in [0.15, 0.2) is 0 Å². The molecule has 1 atom stereocenters. The van der Waals surface area contributed by atoms with Crippen LogP contribution < -0.4 is 0 Å². The molecule has 220 valence electrons. The molecule has 0 amide bonds. The fourth-order valence-corrected chi connectivity index (χ4v) is 5.11. The van der Waals surface area contributed by atoms with Crippen LogP contribution in [0.1, 0.15) is 194 Å². The highest BCUT2D eigenvalue weighted by Gasteiger charge is 2.09. The lowest BCUT2D eigenvalue weighted by molar-refractivity contribution is -0.148. The van der Waals surface area contributed by atoms with Crippen molar-refractivity contribution in [3.63, 3.8) is 0 Å². The normalized spacial score (nSPS) is 12.1. The summed E-state index contributed by atoms with van der Waals surface area (Å²) in [5.74, 6) is -0.669. The van der Waals surface area contributed by atoms with Crippen LogP contribution in [0.5, 0.6) is 0 Å². The molecule has 0 aliphatic rings. The van der Waals surface area contributed by atoms with E-state index >= 15 is 0 Å². The van der Waals surface area contributed by atoms with E-state index in [1.54, 1.807) is 0 Å². The van der Waals surface area contributed by atoms with Gasteiger partial charge in [0.05, 0.1) is 6.10 Å². The largest absolute Gasteiger partial charge is 0.481 e. The van der Waals surface area contributed by atoms with Crippen LogP contribution in [0.2, 0.25) is 0 Å². The standard InChI is InChI=1S/C33H64O4/c1-3-4-5-6-7-8-9-15-18-21-24-27-30-33(36)37-31(2)28-25-22-19-16-13-11-10-12-14-17-20-23-26-29-32(34)35/h31H,3-30H2,1-2H3,(H,34,35). The number of esters is 1. The third kappa shape index (κ3) is 31.1. The first-order chi connectivity index (χ1) is 18.1. The SMILES string of the molecule is CCCCCCCCCCCCCCC(=O)OC(C)CCCCCCCCCCCCCCCC(=O)O. The third-order valence-corrected chi connectivity index (χ3v) is 7.57. The number of carbonyl (C=O) groups is 2. The van der Waals surface area contributed by atoms with Gasteiger partial charge in [-0.3, -0.25) is 9.59 Å². The highest BCUT2D eigenvalue weighted by Crippen LogP contribution is 2.16. The molecule has 4 heteroatoms. The molecule has 0 rings (SSSR count). The Labute approximate surface area is 231 Å². The minimum Gasteiger partial charge on any atom is -0.481 e. The molecule has 0 aromatic rings. The zero-order valence-corrected chi connectivity index (χ0v) is 25.0. The van der Waals surface area contributed by atoms with E-state index in [0.717, 1.165) is 38.5 Å². The quantitative estimate of drug-likeness (QED) is 0.0749. The lowest BCUT2D eigenvalue weighted by atomic mass is 10.0. The molecule has 0 aliphatic carbocycles. The number of carboxylic acids is 1. The van der Waals surface area contributed by atoms with Crippen LogP contribution in [0.4, 0.5) is 0 Å². The van der Waals surface area contributed by atoms with Crippen molar-refractivity contribution < 1.29 is 19.4 Å². The minimum absolute atomic E-state index is 0.000148. The summed E-state index contributed by atoms with van der Waals surface area (Å²) in [5.41, 5.74) is 0. The molecule has 0 saturated heterocycles. The van der Waals surface area contributed by atoms with Gasteiger partial charge in [-0.2, -0.15) is 0 Å². The lowest BCUT2D eigenvalue weighted by Crippen LogP contribution is -2.14. The van der Waals surface area contributed by atoms with Crippen LogP contribution in [0.15, 0.2) is 0 Å². The summed E-state index contributed by atoms with van der Waals surface area (Å²) in [6.45, 7) is 4.32. The molecule has 1 unspecified atom stereocenters. The lowest BCUT2D eigenvalue weighted by Gasteiger charge is -2.13. The Morgan fingerprint density at radius 2 is 0.838 bits per heavy atom. The van der Waals surface area contributed by atoms with Crippen molar-refractivity contribution in [3.05, 3.63) is 0 Å². The van der Waals surface area contributed by atoms with E-state index in [9.17, 15) is 9.59 Å². The first kappa shape index (κ1) is 35.9. The Balaban J connectivity index is 3.28. The molecule has 37 heavy (non-hydrogen) atoms. The first-order valence-corrected chi connectivity index (χ1v) is 16.5. The van der Waals surface area contributed by atoms with Gasteiger partial charge in [0, 0.05) is 12.8 Å². The highest BCUT2D eigenvalue weighted by atomic mass is 16.5. The van der Waals surface area contributed by atoms with Gasteiger partial charge >= 0.3 is 11.9 Å². The number of rotatable bonds is 30. The Hall–Kier alpha value is -1.06. The zero-order valence-electron chi connectivity index (χ0n) is 25.0. The van der Waals surface area contributed by atoms with Crippen molar-refractivity contribution in [1.82, 2.24) is 0 Å². The van der Waals surface area contributed by atoms with E-state index in [1.165, 1.54) is 128 Å². The summed E-state index contributed by atoms with van der Waals surface area (Å²) < 4.78 is 5.61. The highest BCUT2D eigenvalue weighted by molar-refractivity contribution is 5.69. The van der Waals surface area contributed by atoms with E-state index in [2.05, 4.69) is 6.92 Å². The fraction of sp³-hybridized carbons (Fsp3) is 0.939. The van der Waals surface area contributed by atoms with Crippen molar-refractivity contribution in [2.75, 3.05) is 0 Å². The molecule has 0 saturated carbocycles. The second-order valence-electron chi connectivity index (χ2n) is 11.5. The van der Waals surface area contributed by atoms with Crippen LogP contribution in [-0.2, 0) is 14.3 Å². The molecule has 1 N–H and O–H groups in total. The molecule has 0 fully saturated rings. The number of aliphatic carboxylic acids is 1. The number of carbonyl (C=O) groups excluding carboxylic acids is 1. The molecule has 4 nitrogen and oxygen atoms in total. The number of hydrogen-bond donors (Lipinski definition) is 1. The fourth-order valence-electron chi connectivity index (χ4n) is 5.11. The maximum absolute atomic E-state index is 12.1. The molecule has 0 heterocycles. The van der Waals surface area contributed by atoms with Crippen LogP contribution in [-0.4, -0.2) is 23.1 Å². The Bertz CT molecular complexity index is 491. The maximum atomic E-state index is 12.1. The van der Waals surface area contributed by atoms with E-state index in [4.69, 9.17) is 9.84 Å². The van der Waals surface area contributed by atoms with Gasteiger partial charge in [0.25, 0.3) is 0 Å². The van der Waals surface area contributed by atoms with E-state index in [1.807, 2.05) is 6.92 Å². The predicted molar refractivity (Wildman–Crippen MR) is 158 cm³/mol. The van der Waals surface area contributed by atoms with Crippen molar-refractivity contribution in [3.8, 4) is 0 Å². The second kappa shape index (κ2) is 29.5. The third-order valence-electron chi connectivity index (χ3n) is 7.57. The number of unbranched alkanes of at least 4 members (excludes halogenated alkanes) is 23. The van der Waals surface area contributed by atoms with Gasteiger partial charge in [-0.05, 0) is 32.6 Å². The summed E-state index contributed by atoms with van der Waals surface area (Å²) in [6.07, 6.45) is 33.8. The average Bonchev–Trinajstić information content (AvgIpc) is 2.86. The van der Waals surface area contributed by atoms with Crippen LogP contribution in [0.3, 0.4) is 0 Å². The molecule has 0 aliphatic heterocycles. The van der Waals surface area contributed by atoms with Crippen molar-refractivity contribution in [1.29, 1.82) is 0 Å². The van der Waals surface area contributed by atoms with Gasteiger partial charge in [-0.1, -0.05) is 148 Å². The summed E-state index contributed by atoms with van der Waals surface area (Å²) in [4.78, 5) is 22.5.